The molecule has 0 bridgehead atoms. The third-order valence-corrected chi connectivity index (χ3v) is 5.37. The summed E-state index contributed by atoms with van der Waals surface area (Å²) in [4.78, 5) is 4.85. The first-order chi connectivity index (χ1) is 15.2. The largest absolute Gasteiger partial charge is 0.354 e. The number of rotatable bonds is 10. The van der Waals surface area contributed by atoms with Crippen molar-refractivity contribution < 1.29 is 0 Å². The molecule has 0 aliphatic carbocycles. The van der Waals surface area contributed by atoms with Gasteiger partial charge in [0, 0.05) is 19.0 Å². The van der Waals surface area contributed by atoms with Crippen LogP contribution < -0.4 is 10.6 Å². The molecule has 0 aliphatic rings. The molecular weight excluding hydrogens is 384 g/mol. The lowest BCUT2D eigenvalue weighted by molar-refractivity contribution is 0.575. The number of benzene rings is 2. The van der Waals surface area contributed by atoms with Crippen LogP contribution in [-0.4, -0.2) is 33.3 Å². The highest BCUT2D eigenvalue weighted by atomic mass is 15.3. The summed E-state index contributed by atoms with van der Waals surface area (Å²) in [6, 6.07) is 21.5. The van der Waals surface area contributed by atoms with Crippen molar-refractivity contribution in [3.8, 4) is 0 Å². The predicted molar refractivity (Wildman–Crippen MR) is 127 cm³/mol. The molecule has 0 saturated carbocycles. The van der Waals surface area contributed by atoms with E-state index >= 15 is 0 Å². The Morgan fingerprint density at radius 2 is 1.71 bits per heavy atom. The number of nitrogens with one attached hydrogen (secondary N) is 2. The van der Waals surface area contributed by atoms with Gasteiger partial charge < -0.3 is 15.2 Å². The van der Waals surface area contributed by atoms with Crippen LogP contribution in [0.4, 0.5) is 0 Å². The van der Waals surface area contributed by atoms with Crippen molar-refractivity contribution in [1.82, 2.24) is 25.4 Å². The first kappa shape index (κ1) is 22.5. The van der Waals surface area contributed by atoms with Crippen LogP contribution in [0.2, 0.25) is 0 Å². The molecule has 0 spiro atoms. The zero-order chi connectivity index (χ0) is 21.9. The van der Waals surface area contributed by atoms with Crippen LogP contribution in [0.3, 0.4) is 0 Å². The van der Waals surface area contributed by atoms with Crippen LogP contribution >= 0.6 is 0 Å². The molecule has 2 N–H and O–H groups in total. The zero-order valence-electron chi connectivity index (χ0n) is 18.8. The lowest BCUT2D eigenvalue weighted by atomic mass is 10.1. The van der Waals surface area contributed by atoms with Crippen LogP contribution in [0.25, 0.3) is 0 Å². The highest BCUT2D eigenvalue weighted by Crippen LogP contribution is 2.11. The van der Waals surface area contributed by atoms with Gasteiger partial charge in [-0.3, -0.25) is 4.99 Å². The summed E-state index contributed by atoms with van der Waals surface area (Å²) in [6.07, 6.45) is 4.73. The normalized spacial score (nSPS) is 13.6. The topological polar surface area (TPSA) is 67.1 Å². The van der Waals surface area contributed by atoms with Gasteiger partial charge in [0.15, 0.2) is 5.96 Å². The quantitative estimate of drug-likeness (QED) is 0.383. The summed E-state index contributed by atoms with van der Waals surface area (Å²) >= 11 is 0. The SMILES string of the molecule is CCc1nncn1CCN=C(NC(C)CCc1ccccc1)NC(C)c1ccccc1. The fourth-order valence-electron chi connectivity index (χ4n) is 3.51. The summed E-state index contributed by atoms with van der Waals surface area (Å²) in [5.74, 6) is 1.83. The number of hydrogen-bond donors (Lipinski definition) is 2. The van der Waals surface area contributed by atoms with E-state index < -0.39 is 0 Å². The van der Waals surface area contributed by atoms with Gasteiger partial charge in [-0.2, -0.15) is 0 Å². The smallest absolute Gasteiger partial charge is 0.192 e. The Kier molecular flexibility index (Phi) is 8.64. The van der Waals surface area contributed by atoms with E-state index in [2.05, 4.69) is 101 Å². The second-order valence-electron chi connectivity index (χ2n) is 7.87. The Morgan fingerprint density at radius 3 is 2.42 bits per heavy atom. The van der Waals surface area contributed by atoms with Crippen LogP contribution in [-0.2, 0) is 19.4 Å². The first-order valence-corrected chi connectivity index (χ1v) is 11.2. The zero-order valence-corrected chi connectivity index (χ0v) is 18.8. The number of aryl methyl sites for hydroxylation is 2. The third kappa shape index (κ3) is 7.24. The Bertz CT molecular complexity index is 919. The number of aliphatic imine (C=N–C) groups is 1. The van der Waals surface area contributed by atoms with Gasteiger partial charge in [-0.1, -0.05) is 67.6 Å². The Hall–Kier alpha value is -3.15. The molecule has 0 radical (unpaired) electrons. The molecule has 0 fully saturated rings. The van der Waals surface area contributed by atoms with E-state index in [4.69, 9.17) is 4.99 Å². The van der Waals surface area contributed by atoms with E-state index in [9.17, 15) is 0 Å². The van der Waals surface area contributed by atoms with E-state index in [1.165, 1.54) is 11.1 Å². The minimum Gasteiger partial charge on any atom is -0.354 e. The van der Waals surface area contributed by atoms with Crippen LogP contribution in [0, 0.1) is 0 Å². The second kappa shape index (κ2) is 11.9. The molecule has 0 amide bonds. The van der Waals surface area contributed by atoms with Crippen LogP contribution in [0.5, 0.6) is 0 Å². The third-order valence-electron chi connectivity index (χ3n) is 5.37. The number of aromatic nitrogens is 3. The van der Waals surface area contributed by atoms with Gasteiger partial charge in [-0.25, -0.2) is 0 Å². The minimum atomic E-state index is 0.162. The second-order valence-corrected chi connectivity index (χ2v) is 7.87. The lowest BCUT2D eigenvalue weighted by Gasteiger charge is -2.22. The number of hydrogen-bond acceptors (Lipinski definition) is 3. The maximum absolute atomic E-state index is 4.85. The van der Waals surface area contributed by atoms with Crippen LogP contribution in [0.1, 0.15) is 50.2 Å². The number of guanidine groups is 1. The molecule has 3 aromatic rings. The van der Waals surface area contributed by atoms with Gasteiger partial charge in [0.1, 0.15) is 12.2 Å². The van der Waals surface area contributed by atoms with Gasteiger partial charge in [0.25, 0.3) is 0 Å². The lowest BCUT2D eigenvalue weighted by Crippen LogP contribution is -2.43. The van der Waals surface area contributed by atoms with E-state index in [0.717, 1.165) is 37.6 Å². The summed E-state index contributed by atoms with van der Waals surface area (Å²) < 4.78 is 2.07. The average Bonchev–Trinajstić information content (AvgIpc) is 3.26. The first-order valence-electron chi connectivity index (χ1n) is 11.2. The molecule has 2 atom stereocenters. The van der Waals surface area contributed by atoms with E-state index in [-0.39, 0.29) is 6.04 Å². The van der Waals surface area contributed by atoms with Gasteiger partial charge in [-0.15, -0.1) is 10.2 Å². The molecule has 0 aliphatic heterocycles. The summed E-state index contributed by atoms with van der Waals surface area (Å²) in [5.41, 5.74) is 2.60. The molecule has 31 heavy (non-hydrogen) atoms. The average molecular weight is 419 g/mol. The molecule has 2 unspecified atom stereocenters. The molecule has 6 heteroatoms. The molecule has 1 heterocycles. The fourth-order valence-corrected chi connectivity index (χ4v) is 3.51. The van der Waals surface area contributed by atoms with Gasteiger partial charge in [0.05, 0.1) is 12.6 Å². The van der Waals surface area contributed by atoms with Crippen molar-refractivity contribution in [1.29, 1.82) is 0 Å². The Morgan fingerprint density at radius 1 is 1.00 bits per heavy atom. The minimum absolute atomic E-state index is 0.162. The molecule has 2 aromatic carbocycles. The number of nitrogens with zero attached hydrogens (tertiary/aromatic N) is 4. The molecule has 6 nitrogen and oxygen atoms in total. The summed E-state index contributed by atoms with van der Waals surface area (Å²) in [5, 5.41) is 15.3. The van der Waals surface area contributed by atoms with E-state index in [1.807, 2.05) is 6.07 Å². The maximum atomic E-state index is 4.85. The maximum Gasteiger partial charge on any atom is 0.192 e. The van der Waals surface area contributed by atoms with Crippen molar-refractivity contribution in [2.45, 2.75) is 58.7 Å². The Balaban J connectivity index is 1.62. The van der Waals surface area contributed by atoms with Gasteiger partial charge in [-0.05, 0) is 37.8 Å². The van der Waals surface area contributed by atoms with Crippen molar-refractivity contribution >= 4 is 5.96 Å². The van der Waals surface area contributed by atoms with Crippen molar-refractivity contribution in [3.05, 3.63) is 83.9 Å². The summed E-state index contributed by atoms with van der Waals surface area (Å²) in [7, 11) is 0. The Labute approximate surface area is 185 Å². The van der Waals surface area contributed by atoms with E-state index in [0.29, 0.717) is 12.6 Å². The molecule has 3 rings (SSSR count). The standard InChI is InChI=1S/C25H34N6/c1-4-24-30-27-19-31(24)18-17-26-25(29-21(3)23-13-9-6-10-14-23)28-20(2)15-16-22-11-7-5-8-12-22/h5-14,19-21H,4,15-18H2,1-3H3,(H2,26,28,29). The predicted octanol–water partition coefficient (Wildman–Crippen LogP) is 4.16. The van der Waals surface area contributed by atoms with Crippen LogP contribution in [0.15, 0.2) is 72.0 Å². The molecule has 1 aromatic heterocycles. The van der Waals surface area contributed by atoms with Crippen molar-refractivity contribution in [2.75, 3.05) is 6.54 Å². The fraction of sp³-hybridized carbons (Fsp3) is 0.400. The summed E-state index contributed by atoms with van der Waals surface area (Å²) in [6.45, 7) is 7.89. The van der Waals surface area contributed by atoms with Crippen molar-refractivity contribution in [2.24, 2.45) is 4.99 Å². The van der Waals surface area contributed by atoms with E-state index in [1.54, 1.807) is 6.33 Å². The monoisotopic (exact) mass is 418 g/mol. The van der Waals surface area contributed by atoms with Gasteiger partial charge in [0.2, 0.25) is 0 Å². The molecule has 164 valence electrons. The highest BCUT2D eigenvalue weighted by molar-refractivity contribution is 5.80. The van der Waals surface area contributed by atoms with Crippen molar-refractivity contribution in [3.63, 3.8) is 0 Å². The molecule has 0 saturated heterocycles. The highest BCUT2D eigenvalue weighted by Gasteiger charge is 2.11. The van der Waals surface area contributed by atoms with Gasteiger partial charge >= 0.3 is 0 Å². The molecular formula is C25H34N6.